The third kappa shape index (κ3) is 3.43. The molecule has 2 N–H and O–H groups in total. The summed E-state index contributed by atoms with van der Waals surface area (Å²) in [6.45, 7) is 12.0. The van der Waals surface area contributed by atoms with Gasteiger partial charge >= 0.3 is 0 Å². The van der Waals surface area contributed by atoms with Crippen LogP contribution >= 0.6 is 0 Å². The minimum absolute atomic E-state index is 0. The van der Waals surface area contributed by atoms with Crippen molar-refractivity contribution in [3.63, 3.8) is 0 Å². The first-order valence-corrected chi connectivity index (χ1v) is 10.9. The minimum atomic E-state index is 0. The van der Waals surface area contributed by atoms with Crippen molar-refractivity contribution in [2.24, 2.45) is 0 Å². The van der Waals surface area contributed by atoms with Crippen LogP contribution in [0.2, 0.25) is 0 Å². The van der Waals surface area contributed by atoms with Crippen LogP contribution in [0.25, 0.3) is 12.2 Å². The van der Waals surface area contributed by atoms with E-state index in [2.05, 4.69) is 61.4 Å². The molecule has 160 valence electrons. The third-order valence-corrected chi connectivity index (χ3v) is 6.77. The molecule has 1 saturated heterocycles. The third-order valence-electron chi connectivity index (χ3n) is 6.77. The summed E-state index contributed by atoms with van der Waals surface area (Å²) in [4.78, 5) is 9.25. The monoisotopic (exact) mass is 405 g/mol. The van der Waals surface area contributed by atoms with E-state index in [0.29, 0.717) is 11.8 Å². The zero-order valence-electron chi connectivity index (χ0n) is 19.0. The lowest BCUT2D eigenvalue weighted by atomic mass is 9.83. The molecule has 1 aliphatic carbocycles. The topological polar surface area (TPSA) is 50.9 Å². The summed E-state index contributed by atoms with van der Waals surface area (Å²) >= 11 is 0. The maximum atomic E-state index is 4.69. The summed E-state index contributed by atoms with van der Waals surface area (Å²) in [7, 11) is 4.08. The molecule has 0 radical (unpaired) electrons. The fourth-order valence-corrected chi connectivity index (χ4v) is 5.15. The number of hydrogen-bond donors (Lipinski definition) is 0. The molecule has 1 aromatic heterocycles. The summed E-state index contributed by atoms with van der Waals surface area (Å²) in [5, 5.41) is 0. The first-order chi connectivity index (χ1) is 14.0. The number of aryl methyl sites for hydroxylation is 1. The molecule has 0 amide bonds. The number of fused-ring (bicyclic) bond motifs is 3. The van der Waals surface area contributed by atoms with Crippen LogP contribution in [0.4, 0.5) is 11.5 Å². The van der Waals surface area contributed by atoms with Crippen LogP contribution < -0.4 is 9.80 Å². The highest BCUT2D eigenvalue weighted by molar-refractivity contribution is 5.81. The molecular formula is C26H35N3O. The second kappa shape index (κ2) is 8.65. The highest BCUT2D eigenvalue weighted by atomic mass is 16.0. The average molecular weight is 406 g/mol. The van der Waals surface area contributed by atoms with E-state index in [1.807, 2.05) is 26.4 Å². The van der Waals surface area contributed by atoms with Crippen LogP contribution in [0, 0.1) is 6.92 Å². The smallest absolute Gasteiger partial charge is 0.128 e. The van der Waals surface area contributed by atoms with Crippen molar-refractivity contribution in [3.05, 3.63) is 64.5 Å². The molecule has 1 fully saturated rings. The van der Waals surface area contributed by atoms with E-state index >= 15 is 0 Å². The molecule has 4 rings (SSSR count). The largest absolute Gasteiger partial charge is 0.412 e. The van der Waals surface area contributed by atoms with Gasteiger partial charge in [0.15, 0.2) is 0 Å². The molecule has 1 atom stereocenters. The van der Waals surface area contributed by atoms with Crippen molar-refractivity contribution in [1.29, 1.82) is 0 Å². The Morgan fingerprint density at radius 3 is 2.60 bits per heavy atom. The number of aromatic nitrogens is 1. The van der Waals surface area contributed by atoms with Crippen molar-refractivity contribution in [1.82, 2.24) is 4.98 Å². The number of anilines is 2. The van der Waals surface area contributed by atoms with E-state index in [9.17, 15) is 0 Å². The van der Waals surface area contributed by atoms with Crippen LogP contribution in [0.1, 0.15) is 72.8 Å². The molecule has 30 heavy (non-hydrogen) atoms. The van der Waals surface area contributed by atoms with Crippen molar-refractivity contribution in [2.75, 3.05) is 30.4 Å². The van der Waals surface area contributed by atoms with Gasteiger partial charge in [-0.25, -0.2) is 4.98 Å². The van der Waals surface area contributed by atoms with Gasteiger partial charge in [0.2, 0.25) is 0 Å². The molecular weight excluding hydrogens is 370 g/mol. The SMILES string of the molecule is C=Cc1ccc(C(CC)CC)c2c1C=C1C2CCN1c1cnc(N(C)C)cc1C.O. The van der Waals surface area contributed by atoms with E-state index in [1.165, 1.54) is 47.3 Å². The number of benzene rings is 1. The molecule has 4 nitrogen and oxygen atoms in total. The zero-order chi connectivity index (χ0) is 20.7. The lowest BCUT2D eigenvalue weighted by molar-refractivity contribution is 0.629. The van der Waals surface area contributed by atoms with Crippen molar-refractivity contribution >= 4 is 23.7 Å². The molecule has 2 aromatic rings. The second-order valence-corrected chi connectivity index (χ2v) is 8.57. The van der Waals surface area contributed by atoms with Crippen LogP contribution in [0.5, 0.6) is 0 Å². The lowest BCUT2D eigenvalue weighted by Crippen LogP contribution is -2.19. The predicted octanol–water partition coefficient (Wildman–Crippen LogP) is 5.53. The van der Waals surface area contributed by atoms with Crippen LogP contribution in [0.15, 0.2) is 36.7 Å². The van der Waals surface area contributed by atoms with Gasteiger partial charge in [-0.3, -0.25) is 0 Å². The number of allylic oxidation sites excluding steroid dienone is 1. The molecule has 0 spiro atoms. The maximum Gasteiger partial charge on any atom is 0.128 e. The van der Waals surface area contributed by atoms with Gasteiger partial charge in [0.1, 0.15) is 5.82 Å². The Morgan fingerprint density at radius 1 is 1.27 bits per heavy atom. The Morgan fingerprint density at radius 2 is 2.00 bits per heavy atom. The number of rotatable bonds is 6. The molecule has 1 aliphatic heterocycles. The number of hydrogen-bond acceptors (Lipinski definition) is 3. The van der Waals surface area contributed by atoms with Crippen LogP contribution in [0.3, 0.4) is 0 Å². The molecule has 0 saturated carbocycles. The van der Waals surface area contributed by atoms with E-state index in [0.717, 1.165) is 12.4 Å². The summed E-state index contributed by atoms with van der Waals surface area (Å²) in [6.07, 6.45) is 10.0. The number of pyridine rings is 1. The zero-order valence-corrected chi connectivity index (χ0v) is 19.0. The Balaban J connectivity index is 0.00000256. The fourth-order valence-electron chi connectivity index (χ4n) is 5.15. The first kappa shape index (κ1) is 22.1. The molecule has 0 bridgehead atoms. The average Bonchev–Trinajstić information content (AvgIpc) is 3.28. The van der Waals surface area contributed by atoms with Gasteiger partial charge in [-0.2, -0.15) is 0 Å². The highest BCUT2D eigenvalue weighted by Crippen LogP contribution is 2.51. The fraction of sp³-hybridized carbons (Fsp3) is 0.423. The summed E-state index contributed by atoms with van der Waals surface area (Å²) in [6, 6.07) is 6.82. The summed E-state index contributed by atoms with van der Waals surface area (Å²) in [5.41, 5.74) is 9.71. The highest BCUT2D eigenvalue weighted by Gasteiger charge is 2.38. The standard InChI is InChI=1S/C26H33N3.H2O/c1-7-18(8-2)20-11-10-19(9-3)22-15-23-21(26(20)22)12-13-29(23)24-16-27-25(28(5)6)14-17(24)4;/h9-11,14-16,18,21H,3,7-8,12-13H2,1-2,4-6H3;1H2. The molecule has 2 heterocycles. The predicted molar refractivity (Wildman–Crippen MR) is 129 cm³/mol. The van der Waals surface area contributed by atoms with Gasteiger partial charge in [0.25, 0.3) is 0 Å². The normalized spacial score (nSPS) is 16.8. The van der Waals surface area contributed by atoms with Crippen molar-refractivity contribution < 1.29 is 5.48 Å². The molecule has 2 aliphatic rings. The summed E-state index contributed by atoms with van der Waals surface area (Å²) in [5.74, 6) is 2.14. The Hall–Kier alpha value is -2.59. The Bertz CT molecular complexity index is 972. The quantitative estimate of drug-likeness (QED) is 0.635. The van der Waals surface area contributed by atoms with Gasteiger partial charge < -0.3 is 15.3 Å². The van der Waals surface area contributed by atoms with E-state index in [4.69, 9.17) is 4.98 Å². The Labute approximate surface area is 181 Å². The first-order valence-electron chi connectivity index (χ1n) is 10.9. The van der Waals surface area contributed by atoms with Gasteiger partial charge in [-0.1, -0.05) is 38.6 Å². The second-order valence-electron chi connectivity index (χ2n) is 8.57. The number of nitrogens with zero attached hydrogens (tertiary/aromatic N) is 3. The van der Waals surface area contributed by atoms with Crippen LogP contribution in [-0.4, -0.2) is 31.1 Å². The Kier molecular flexibility index (Phi) is 6.37. The summed E-state index contributed by atoms with van der Waals surface area (Å²) < 4.78 is 0. The van der Waals surface area contributed by atoms with Crippen molar-refractivity contribution in [3.8, 4) is 0 Å². The maximum absolute atomic E-state index is 4.69. The van der Waals surface area contributed by atoms with Gasteiger partial charge in [0.05, 0.1) is 11.9 Å². The molecule has 4 heteroatoms. The minimum Gasteiger partial charge on any atom is -0.412 e. The van der Waals surface area contributed by atoms with Gasteiger partial charge in [-0.05, 0) is 72.1 Å². The van der Waals surface area contributed by atoms with Gasteiger partial charge in [0, 0.05) is 32.3 Å². The lowest BCUT2D eigenvalue weighted by Gasteiger charge is -2.24. The molecule has 1 unspecified atom stereocenters. The van der Waals surface area contributed by atoms with Crippen molar-refractivity contribution in [2.45, 2.75) is 51.9 Å². The molecule has 1 aromatic carbocycles. The van der Waals surface area contributed by atoms with E-state index in [1.54, 1.807) is 11.1 Å². The van der Waals surface area contributed by atoms with E-state index in [-0.39, 0.29) is 5.48 Å². The van der Waals surface area contributed by atoms with Crippen LogP contribution in [-0.2, 0) is 0 Å². The van der Waals surface area contributed by atoms with Gasteiger partial charge in [-0.15, -0.1) is 0 Å². The van der Waals surface area contributed by atoms with E-state index < -0.39 is 0 Å².